The number of fused-ring (bicyclic) bond motifs is 1. The number of alkyl halides is 3. The number of primary amides is 1. The number of halogens is 3. The Hall–Kier alpha value is -3.39. The molecule has 3 aromatic rings. The zero-order valence-corrected chi connectivity index (χ0v) is 18.0. The van der Waals surface area contributed by atoms with Crippen LogP contribution in [0, 0.1) is 0 Å². The minimum Gasteiger partial charge on any atom is -0.378 e. The number of carbonyl (C=O) groups excluding carboxylic acids is 1. The van der Waals surface area contributed by atoms with Crippen LogP contribution in [0.25, 0.3) is 22.6 Å². The molecule has 1 amide bonds. The Morgan fingerprint density at radius 3 is 2.56 bits per heavy atom. The van der Waals surface area contributed by atoms with E-state index >= 15 is 0 Å². The van der Waals surface area contributed by atoms with E-state index in [1.165, 1.54) is 0 Å². The molecule has 11 nitrogen and oxygen atoms in total. The van der Waals surface area contributed by atoms with E-state index in [0.29, 0.717) is 49.9 Å². The largest absolute Gasteiger partial charge is 0.434 e. The summed E-state index contributed by atoms with van der Waals surface area (Å²) in [4.78, 5) is 33.7. The number of hydrogen-bond donors (Lipinski definition) is 1. The normalized spacial score (nSPS) is 19.5. The van der Waals surface area contributed by atoms with Crippen LogP contribution in [-0.2, 0) is 15.7 Å². The molecule has 0 bridgehead atoms. The standard InChI is InChI=1S/C20H21F3N8O3/c21-20(22,23)14-11(9-25-17(27-14)15(24)32)16-28-18(30-4-7-33-8-5-30)13-19(29-16)31(10-26-13)12-3-1-2-6-34-12/h9-10,12H,1-8H2,(H2,24,32). The molecule has 14 heteroatoms. The molecule has 0 spiro atoms. The van der Waals surface area contributed by atoms with E-state index in [-0.39, 0.29) is 12.1 Å². The summed E-state index contributed by atoms with van der Waals surface area (Å²) in [5.41, 5.74) is 4.07. The highest BCUT2D eigenvalue weighted by atomic mass is 19.4. The van der Waals surface area contributed by atoms with Crippen LogP contribution in [0.15, 0.2) is 12.5 Å². The van der Waals surface area contributed by atoms with Crippen LogP contribution in [0.2, 0.25) is 0 Å². The van der Waals surface area contributed by atoms with Crippen molar-refractivity contribution in [3.8, 4) is 11.4 Å². The van der Waals surface area contributed by atoms with Crippen molar-refractivity contribution < 1.29 is 27.4 Å². The number of rotatable bonds is 4. The van der Waals surface area contributed by atoms with E-state index in [0.717, 1.165) is 25.5 Å². The van der Waals surface area contributed by atoms with Crippen molar-refractivity contribution >= 4 is 22.9 Å². The molecule has 2 aliphatic rings. The second kappa shape index (κ2) is 8.76. The molecule has 2 fully saturated rings. The van der Waals surface area contributed by atoms with Gasteiger partial charge < -0.3 is 20.1 Å². The van der Waals surface area contributed by atoms with Gasteiger partial charge in [-0.15, -0.1) is 0 Å². The van der Waals surface area contributed by atoms with Crippen molar-refractivity contribution in [1.29, 1.82) is 0 Å². The lowest BCUT2D eigenvalue weighted by Gasteiger charge is -2.28. The van der Waals surface area contributed by atoms with Gasteiger partial charge in [-0.2, -0.15) is 13.2 Å². The molecule has 0 aliphatic carbocycles. The number of hydrogen-bond acceptors (Lipinski definition) is 9. The molecule has 180 valence electrons. The lowest BCUT2D eigenvalue weighted by Crippen LogP contribution is -2.37. The number of ether oxygens (including phenoxy) is 2. The first-order valence-electron chi connectivity index (χ1n) is 10.8. The molecular weight excluding hydrogens is 457 g/mol. The van der Waals surface area contributed by atoms with Gasteiger partial charge in [-0.25, -0.2) is 24.9 Å². The summed E-state index contributed by atoms with van der Waals surface area (Å²) in [5, 5.41) is 0. The van der Waals surface area contributed by atoms with Crippen LogP contribution >= 0.6 is 0 Å². The fourth-order valence-electron chi connectivity index (χ4n) is 4.05. The molecule has 0 saturated carbocycles. The van der Waals surface area contributed by atoms with Crippen molar-refractivity contribution in [3.63, 3.8) is 0 Å². The van der Waals surface area contributed by atoms with Gasteiger partial charge in [-0.05, 0) is 19.3 Å². The lowest BCUT2D eigenvalue weighted by atomic mass is 10.2. The summed E-state index contributed by atoms with van der Waals surface area (Å²) in [6.45, 7) is 2.43. The van der Waals surface area contributed by atoms with Gasteiger partial charge in [0.2, 0.25) is 5.82 Å². The van der Waals surface area contributed by atoms with E-state index in [1.807, 2.05) is 4.90 Å². The maximum atomic E-state index is 13.9. The Kier molecular flexibility index (Phi) is 5.77. The van der Waals surface area contributed by atoms with Crippen LogP contribution in [0.5, 0.6) is 0 Å². The highest BCUT2D eigenvalue weighted by Crippen LogP contribution is 2.37. The maximum absolute atomic E-state index is 13.9. The zero-order chi connectivity index (χ0) is 23.9. The highest BCUT2D eigenvalue weighted by Gasteiger charge is 2.38. The Morgan fingerprint density at radius 2 is 1.88 bits per heavy atom. The van der Waals surface area contributed by atoms with Crippen molar-refractivity contribution in [2.24, 2.45) is 5.73 Å². The number of nitrogens with zero attached hydrogens (tertiary/aromatic N) is 7. The van der Waals surface area contributed by atoms with Gasteiger partial charge in [-0.1, -0.05) is 0 Å². The molecule has 3 aromatic heterocycles. The second-order valence-corrected chi connectivity index (χ2v) is 7.93. The van der Waals surface area contributed by atoms with Gasteiger partial charge in [-0.3, -0.25) is 9.36 Å². The number of nitrogens with two attached hydrogens (primary N) is 1. The topological polar surface area (TPSA) is 134 Å². The summed E-state index contributed by atoms with van der Waals surface area (Å²) in [7, 11) is 0. The van der Waals surface area contributed by atoms with E-state index < -0.39 is 29.2 Å². The maximum Gasteiger partial charge on any atom is 0.434 e. The predicted octanol–water partition coefficient (Wildman–Crippen LogP) is 1.94. The van der Waals surface area contributed by atoms with E-state index in [1.54, 1.807) is 10.9 Å². The van der Waals surface area contributed by atoms with Crippen molar-refractivity contribution in [2.45, 2.75) is 31.7 Å². The summed E-state index contributed by atoms with van der Waals surface area (Å²) in [6.07, 6.45) is -0.192. The summed E-state index contributed by atoms with van der Waals surface area (Å²) >= 11 is 0. The van der Waals surface area contributed by atoms with Crippen molar-refractivity contribution in [3.05, 3.63) is 24.0 Å². The van der Waals surface area contributed by atoms with Crippen molar-refractivity contribution in [2.75, 3.05) is 37.8 Å². The number of aromatic nitrogens is 6. The molecular formula is C20H21F3N8O3. The van der Waals surface area contributed by atoms with Gasteiger partial charge in [0.15, 0.2) is 28.5 Å². The molecule has 2 aliphatic heterocycles. The minimum absolute atomic E-state index is 0.241. The van der Waals surface area contributed by atoms with Gasteiger partial charge in [0.1, 0.15) is 6.23 Å². The Labute approximate surface area is 191 Å². The molecule has 1 unspecified atom stereocenters. The fraction of sp³-hybridized carbons (Fsp3) is 0.500. The van der Waals surface area contributed by atoms with Gasteiger partial charge in [0.05, 0.1) is 25.1 Å². The first kappa shape index (κ1) is 22.4. The number of carbonyl (C=O) groups is 1. The summed E-state index contributed by atoms with van der Waals surface area (Å²) < 4.78 is 54.7. The van der Waals surface area contributed by atoms with Gasteiger partial charge in [0, 0.05) is 25.9 Å². The summed E-state index contributed by atoms with van der Waals surface area (Å²) in [5.74, 6) is -1.78. The van der Waals surface area contributed by atoms with Gasteiger partial charge in [0.25, 0.3) is 5.91 Å². The minimum atomic E-state index is -4.90. The summed E-state index contributed by atoms with van der Waals surface area (Å²) in [6, 6.07) is 0. The average Bonchev–Trinajstić information content (AvgIpc) is 3.27. The Morgan fingerprint density at radius 1 is 1.09 bits per heavy atom. The van der Waals surface area contributed by atoms with Crippen LogP contribution in [0.4, 0.5) is 19.0 Å². The number of anilines is 1. The third kappa shape index (κ3) is 4.14. The van der Waals surface area contributed by atoms with Gasteiger partial charge >= 0.3 is 6.18 Å². The third-order valence-corrected chi connectivity index (χ3v) is 5.70. The molecule has 2 saturated heterocycles. The van der Waals surface area contributed by atoms with Crippen LogP contribution in [-0.4, -0.2) is 68.3 Å². The number of amides is 1. The fourth-order valence-corrected chi connectivity index (χ4v) is 4.05. The Balaban J connectivity index is 1.72. The molecule has 2 N–H and O–H groups in total. The average molecular weight is 478 g/mol. The molecule has 5 rings (SSSR count). The highest BCUT2D eigenvalue weighted by molar-refractivity contribution is 5.89. The number of imidazole rings is 1. The lowest BCUT2D eigenvalue weighted by molar-refractivity contribution is -0.140. The Bertz CT molecular complexity index is 1220. The second-order valence-electron chi connectivity index (χ2n) is 7.93. The quantitative estimate of drug-likeness (QED) is 0.597. The van der Waals surface area contributed by atoms with E-state index in [2.05, 4.69) is 24.9 Å². The number of morpholine rings is 1. The molecule has 0 radical (unpaired) electrons. The van der Waals surface area contributed by atoms with Crippen LogP contribution in [0.3, 0.4) is 0 Å². The molecule has 0 aromatic carbocycles. The first-order valence-corrected chi connectivity index (χ1v) is 10.8. The van der Waals surface area contributed by atoms with Crippen LogP contribution in [0.1, 0.15) is 41.8 Å². The monoisotopic (exact) mass is 478 g/mol. The van der Waals surface area contributed by atoms with E-state index in [4.69, 9.17) is 15.2 Å². The SMILES string of the molecule is NC(=O)c1ncc(-c2nc(N3CCOCC3)c3ncn(C4CCCCO4)c3n2)c(C(F)(F)F)n1. The molecule has 1 atom stereocenters. The zero-order valence-electron chi connectivity index (χ0n) is 18.0. The molecule has 34 heavy (non-hydrogen) atoms. The van der Waals surface area contributed by atoms with Crippen molar-refractivity contribution in [1.82, 2.24) is 29.5 Å². The smallest absolute Gasteiger partial charge is 0.378 e. The van der Waals surface area contributed by atoms with E-state index in [9.17, 15) is 18.0 Å². The molecule has 5 heterocycles. The predicted molar refractivity (Wildman–Crippen MR) is 112 cm³/mol. The van der Waals surface area contributed by atoms with Crippen LogP contribution < -0.4 is 10.6 Å². The first-order chi connectivity index (χ1) is 16.3. The third-order valence-electron chi connectivity index (χ3n) is 5.70.